The minimum atomic E-state index is -0.119. The van der Waals surface area contributed by atoms with Gasteiger partial charge in [0, 0.05) is 43.8 Å². The second-order valence-corrected chi connectivity index (χ2v) is 11.1. The Morgan fingerprint density at radius 2 is 1.83 bits per heavy atom. The average molecular weight is 486 g/mol. The number of fused-ring (bicyclic) bond motifs is 1. The molecule has 0 spiro atoms. The van der Waals surface area contributed by atoms with Crippen LogP contribution in [0.4, 0.5) is 10.9 Å². The van der Waals surface area contributed by atoms with Gasteiger partial charge in [-0.1, -0.05) is 47.7 Å². The SMILES string of the molecule is Cc1ccccc1-c1nc2sc(N3CCN(Cc4cccc(C#N)c4)CC3)nn2c1NC(C)(C)C. The number of rotatable bonds is 5. The maximum atomic E-state index is 9.16. The molecular weight excluding hydrogens is 454 g/mol. The van der Waals surface area contributed by atoms with E-state index in [-0.39, 0.29) is 5.54 Å². The number of aromatic nitrogens is 3. The van der Waals surface area contributed by atoms with Gasteiger partial charge < -0.3 is 10.2 Å². The van der Waals surface area contributed by atoms with E-state index in [1.165, 1.54) is 11.1 Å². The van der Waals surface area contributed by atoms with Crippen molar-refractivity contribution in [2.24, 2.45) is 0 Å². The van der Waals surface area contributed by atoms with Crippen LogP contribution >= 0.6 is 11.3 Å². The number of anilines is 2. The minimum absolute atomic E-state index is 0.119. The molecule has 35 heavy (non-hydrogen) atoms. The fourth-order valence-corrected chi connectivity index (χ4v) is 5.41. The summed E-state index contributed by atoms with van der Waals surface area (Å²) < 4.78 is 1.98. The second kappa shape index (κ2) is 9.33. The highest BCUT2D eigenvalue weighted by Crippen LogP contribution is 2.36. The largest absolute Gasteiger partial charge is 0.364 e. The van der Waals surface area contributed by atoms with Crippen molar-refractivity contribution in [2.45, 2.75) is 39.8 Å². The third kappa shape index (κ3) is 5.02. The molecule has 2 aromatic heterocycles. The van der Waals surface area contributed by atoms with Crippen LogP contribution in [0.5, 0.6) is 0 Å². The Labute approximate surface area is 210 Å². The lowest BCUT2D eigenvalue weighted by atomic mass is 10.0. The Morgan fingerprint density at radius 3 is 2.54 bits per heavy atom. The van der Waals surface area contributed by atoms with Gasteiger partial charge in [0.1, 0.15) is 5.69 Å². The number of hydrogen-bond donors (Lipinski definition) is 1. The van der Waals surface area contributed by atoms with Crippen molar-refractivity contribution in [3.63, 3.8) is 0 Å². The molecule has 0 bridgehead atoms. The van der Waals surface area contributed by atoms with Crippen molar-refractivity contribution in [1.82, 2.24) is 19.5 Å². The van der Waals surface area contributed by atoms with E-state index in [0.29, 0.717) is 0 Å². The van der Waals surface area contributed by atoms with Crippen LogP contribution in [0, 0.1) is 18.3 Å². The van der Waals surface area contributed by atoms with Crippen LogP contribution in [0.1, 0.15) is 37.5 Å². The van der Waals surface area contributed by atoms with Gasteiger partial charge in [-0.15, -0.1) is 5.10 Å². The molecular formula is C27H31N7S. The third-order valence-corrected chi connectivity index (χ3v) is 7.16. The lowest BCUT2D eigenvalue weighted by Crippen LogP contribution is -2.46. The Hall–Kier alpha value is -3.41. The molecule has 0 atom stereocenters. The van der Waals surface area contributed by atoms with Crippen LogP contribution in [0.15, 0.2) is 48.5 Å². The zero-order valence-corrected chi connectivity index (χ0v) is 21.6. The Balaban J connectivity index is 1.36. The van der Waals surface area contributed by atoms with Gasteiger partial charge in [0.25, 0.3) is 0 Å². The first-order chi connectivity index (χ1) is 16.8. The first kappa shape index (κ1) is 23.3. The molecule has 1 aliphatic heterocycles. The monoisotopic (exact) mass is 485 g/mol. The van der Waals surface area contributed by atoms with Crippen LogP contribution in [0.3, 0.4) is 0 Å². The number of hydrogen-bond acceptors (Lipinski definition) is 7. The molecule has 3 heterocycles. The third-order valence-electron chi connectivity index (χ3n) is 6.19. The number of nitrogens with zero attached hydrogens (tertiary/aromatic N) is 6. The zero-order valence-electron chi connectivity index (χ0n) is 20.7. The van der Waals surface area contributed by atoms with E-state index in [4.69, 9.17) is 15.3 Å². The van der Waals surface area contributed by atoms with E-state index in [0.717, 1.165) is 65.5 Å². The summed E-state index contributed by atoms with van der Waals surface area (Å²) in [4.78, 5) is 10.7. The fourth-order valence-electron chi connectivity index (χ4n) is 4.45. The van der Waals surface area contributed by atoms with Gasteiger partial charge in [-0.2, -0.15) is 9.78 Å². The Bertz CT molecular complexity index is 1380. The van der Waals surface area contributed by atoms with E-state index in [1.807, 2.05) is 22.7 Å². The fraction of sp³-hybridized carbons (Fsp3) is 0.370. The Kier molecular flexibility index (Phi) is 6.22. The maximum absolute atomic E-state index is 9.16. The summed E-state index contributed by atoms with van der Waals surface area (Å²) in [6, 6.07) is 18.5. The van der Waals surface area contributed by atoms with Crippen LogP contribution in [-0.4, -0.2) is 51.2 Å². The van der Waals surface area contributed by atoms with Crippen molar-refractivity contribution in [3.05, 3.63) is 65.2 Å². The van der Waals surface area contributed by atoms with E-state index in [9.17, 15) is 0 Å². The van der Waals surface area contributed by atoms with Crippen LogP contribution in [0.2, 0.25) is 0 Å². The maximum Gasteiger partial charge on any atom is 0.216 e. The van der Waals surface area contributed by atoms with E-state index in [2.05, 4.69) is 79.2 Å². The molecule has 0 amide bonds. The molecule has 0 aliphatic carbocycles. The summed E-state index contributed by atoms with van der Waals surface area (Å²) in [6.07, 6.45) is 0. The number of nitriles is 1. The highest BCUT2D eigenvalue weighted by Gasteiger charge is 2.25. The van der Waals surface area contributed by atoms with E-state index >= 15 is 0 Å². The predicted molar refractivity (Wildman–Crippen MR) is 143 cm³/mol. The normalized spacial score (nSPS) is 14.9. The second-order valence-electron chi connectivity index (χ2n) is 10.2. The Morgan fingerprint density at radius 1 is 1.06 bits per heavy atom. The predicted octanol–water partition coefficient (Wildman–Crippen LogP) is 5.17. The minimum Gasteiger partial charge on any atom is -0.364 e. The van der Waals surface area contributed by atoms with Gasteiger partial charge in [0.15, 0.2) is 5.82 Å². The standard InChI is InChI=1S/C27H31N7S/c1-19-8-5-6-11-22(19)23-24(30-27(2,3)4)34-25(29-23)35-26(31-34)33-14-12-32(13-15-33)18-21-10-7-9-20(16-21)17-28/h5-11,16,30H,12-15,18H2,1-4H3. The number of piperazine rings is 1. The van der Waals surface area contributed by atoms with Crippen LogP contribution < -0.4 is 10.2 Å². The van der Waals surface area contributed by atoms with E-state index in [1.54, 1.807) is 11.3 Å². The molecule has 7 nitrogen and oxygen atoms in total. The van der Waals surface area contributed by atoms with E-state index < -0.39 is 0 Å². The van der Waals surface area contributed by atoms with Gasteiger partial charge in [0.2, 0.25) is 10.1 Å². The van der Waals surface area contributed by atoms with Crippen molar-refractivity contribution < 1.29 is 0 Å². The summed E-state index contributed by atoms with van der Waals surface area (Å²) in [5, 5.41) is 18.8. The molecule has 2 aromatic carbocycles. The quantitative estimate of drug-likeness (QED) is 0.420. The smallest absolute Gasteiger partial charge is 0.216 e. The number of benzene rings is 2. The topological polar surface area (TPSA) is 72.5 Å². The van der Waals surface area contributed by atoms with Gasteiger partial charge in [0.05, 0.1) is 11.6 Å². The summed E-state index contributed by atoms with van der Waals surface area (Å²) in [6.45, 7) is 13.2. The molecule has 0 radical (unpaired) electrons. The highest BCUT2D eigenvalue weighted by atomic mass is 32.1. The first-order valence-corrected chi connectivity index (χ1v) is 12.8. The molecule has 1 saturated heterocycles. The molecule has 0 saturated carbocycles. The van der Waals surface area contributed by atoms with Crippen molar-refractivity contribution in [1.29, 1.82) is 5.26 Å². The summed E-state index contributed by atoms with van der Waals surface area (Å²) in [5.74, 6) is 0.945. The first-order valence-electron chi connectivity index (χ1n) is 12.0. The molecule has 0 unspecified atom stereocenters. The zero-order chi connectivity index (χ0) is 24.6. The van der Waals surface area contributed by atoms with Gasteiger partial charge in [-0.05, 0) is 51.0 Å². The number of nitrogens with one attached hydrogen (secondary N) is 1. The summed E-state index contributed by atoms with van der Waals surface area (Å²) in [5.41, 5.74) is 5.07. The van der Waals surface area contributed by atoms with Gasteiger partial charge in [-0.3, -0.25) is 4.90 Å². The van der Waals surface area contributed by atoms with Crippen molar-refractivity contribution in [3.8, 4) is 17.3 Å². The molecule has 180 valence electrons. The van der Waals surface area contributed by atoms with Crippen molar-refractivity contribution >= 4 is 27.2 Å². The molecule has 1 N–H and O–H groups in total. The molecule has 8 heteroatoms. The summed E-state index contributed by atoms with van der Waals surface area (Å²) >= 11 is 1.65. The lowest BCUT2D eigenvalue weighted by molar-refractivity contribution is 0.249. The molecule has 5 rings (SSSR count). The number of imidazole rings is 1. The summed E-state index contributed by atoms with van der Waals surface area (Å²) in [7, 11) is 0. The van der Waals surface area contributed by atoms with Gasteiger partial charge >= 0.3 is 0 Å². The molecule has 1 aliphatic rings. The van der Waals surface area contributed by atoms with Crippen LogP contribution in [-0.2, 0) is 6.54 Å². The van der Waals surface area contributed by atoms with Crippen LogP contribution in [0.25, 0.3) is 16.2 Å². The highest BCUT2D eigenvalue weighted by molar-refractivity contribution is 7.20. The van der Waals surface area contributed by atoms with Crippen molar-refractivity contribution in [2.75, 3.05) is 36.4 Å². The lowest BCUT2D eigenvalue weighted by Gasteiger charge is -2.34. The average Bonchev–Trinajstić information content (AvgIpc) is 3.38. The molecule has 1 fully saturated rings. The number of aryl methyl sites for hydroxylation is 1. The van der Waals surface area contributed by atoms with Gasteiger partial charge in [-0.25, -0.2) is 4.98 Å². The molecule has 4 aromatic rings.